The van der Waals surface area contributed by atoms with E-state index in [1.165, 1.54) is 5.56 Å². The predicted molar refractivity (Wildman–Crippen MR) is 161 cm³/mol. The highest BCUT2D eigenvalue weighted by atomic mass is 16.3. The van der Waals surface area contributed by atoms with Gasteiger partial charge < -0.3 is 4.42 Å². The van der Waals surface area contributed by atoms with E-state index in [9.17, 15) is 0 Å². The molecule has 8 rings (SSSR count). The maximum absolute atomic E-state index is 6.50. The zero-order valence-corrected chi connectivity index (χ0v) is 22.2. The largest absolute Gasteiger partial charge is 0.455 e. The third kappa shape index (κ3) is 3.29. The van der Waals surface area contributed by atoms with Crippen molar-refractivity contribution in [3.8, 4) is 45.0 Å². The molecule has 40 heavy (non-hydrogen) atoms. The second-order valence-electron chi connectivity index (χ2n) is 10.9. The van der Waals surface area contributed by atoms with Crippen LogP contribution in [-0.2, 0) is 5.41 Å². The summed E-state index contributed by atoms with van der Waals surface area (Å²) < 4.78 is 6.50. The van der Waals surface area contributed by atoms with Crippen LogP contribution in [0.2, 0.25) is 0 Å². The molecule has 0 saturated carbocycles. The highest BCUT2D eigenvalue weighted by Gasteiger charge is 2.40. The van der Waals surface area contributed by atoms with Crippen molar-refractivity contribution in [2.45, 2.75) is 19.3 Å². The number of hydrogen-bond donors (Lipinski definition) is 0. The number of benzene rings is 4. The lowest BCUT2D eigenvalue weighted by molar-refractivity contribution is 0.655. The number of para-hydroxylation sites is 2. The third-order valence-corrected chi connectivity index (χ3v) is 8.18. The predicted octanol–water partition coefficient (Wildman–Crippen LogP) is 9.08. The van der Waals surface area contributed by atoms with Crippen molar-refractivity contribution in [2.24, 2.45) is 0 Å². The minimum Gasteiger partial charge on any atom is -0.455 e. The lowest BCUT2D eigenvalue weighted by atomic mass is 9.80. The molecule has 190 valence electrons. The van der Waals surface area contributed by atoms with Crippen molar-refractivity contribution < 1.29 is 4.42 Å². The fourth-order valence-corrected chi connectivity index (χ4v) is 6.26. The Morgan fingerprint density at radius 1 is 0.600 bits per heavy atom. The maximum Gasteiger partial charge on any atom is 0.160 e. The zero-order chi connectivity index (χ0) is 26.8. The van der Waals surface area contributed by atoms with Crippen LogP contribution in [0.1, 0.15) is 25.0 Å². The van der Waals surface area contributed by atoms with Crippen LogP contribution >= 0.6 is 0 Å². The first-order chi connectivity index (χ1) is 19.6. The molecule has 3 heterocycles. The number of fused-ring (bicyclic) bond motifs is 6. The number of nitrogens with zero attached hydrogens (tertiary/aromatic N) is 3. The molecular formula is C36H25N3O. The van der Waals surface area contributed by atoms with E-state index in [2.05, 4.69) is 97.7 Å². The summed E-state index contributed by atoms with van der Waals surface area (Å²) in [5.74, 6) is 0.699. The van der Waals surface area contributed by atoms with Crippen LogP contribution < -0.4 is 0 Å². The van der Waals surface area contributed by atoms with E-state index in [0.717, 1.165) is 66.7 Å². The van der Waals surface area contributed by atoms with E-state index in [0.29, 0.717) is 5.82 Å². The van der Waals surface area contributed by atoms with Gasteiger partial charge >= 0.3 is 0 Å². The number of hydrogen-bond acceptors (Lipinski definition) is 4. The SMILES string of the molecule is CC1(C)c2ccccc2-c2nc(-c3cccc(-c4ccncc4)c3)nc(-c3cccc4c3oc3ccccc34)c21. The van der Waals surface area contributed by atoms with Gasteiger partial charge in [0.2, 0.25) is 0 Å². The Labute approximate surface area is 232 Å². The van der Waals surface area contributed by atoms with E-state index in [4.69, 9.17) is 14.4 Å². The minimum atomic E-state index is -0.271. The van der Waals surface area contributed by atoms with Gasteiger partial charge in [0.05, 0.1) is 11.4 Å². The van der Waals surface area contributed by atoms with Gasteiger partial charge in [-0.2, -0.15) is 0 Å². The topological polar surface area (TPSA) is 51.8 Å². The molecule has 0 radical (unpaired) electrons. The van der Waals surface area contributed by atoms with Crippen molar-refractivity contribution >= 4 is 21.9 Å². The Kier molecular flexibility index (Phi) is 4.83. The minimum absolute atomic E-state index is 0.271. The molecule has 0 saturated heterocycles. The first-order valence-corrected chi connectivity index (χ1v) is 13.5. The molecule has 0 N–H and O–H groups in total. The van der Waals surface area contributed by atoms with Crippen LogP contribution in [0.3, 0.4) is 0 Å². The summed E-state index contributed by atoms with van der Waals surface area (Å²) in [6.45, 7) is 4.54. The van der Waals surface area contributed by atoms with Gasteiger partial charge in [-0.05, 0) is 47.0 Å². The number of pyridine rings is 1. The Balaban J connectivity index is 1.44. The van der Waals surface area contributed by atoms with E-state index in [1.54, 1.807) is 0 Å². The van der Waals surface area contributed by atoms with Gasteiger partial charge in [0.15, 0.2) is 5.82 Å². The van der Waals surface area contributed by atoms with Gasteiger partial charge in [0.25, 0.3) is 0 Å². The van der Waals surface area contributed by atoms with Gasteiger partial charge in [-0.25, -0.2) is 9.97 Å². The lowest BCUT2D eigenvalue weighted by Crippen LogP contribution is -2.17. The number of aromatic nitrogens is 3. The first-order valence-electron chi connectivity index (χ1n) is 13.5. The summed E-state index contributed by atoms with van der Waals surface area (Å²) in [5.41, 5.74) is 11.1. The fourth-order valence-electron chi connectivity index (χ4n) is 6.26. The third-order valence-electron chi connectivity index (χ3n) is 8.18. The standard InChI is InChI=1S/C36H25N3O/c1-36(2)29-15-5-3-12-27(29)32-31(36)33(28-14-8-13-26-25-11-4-6-16-30(25)40-34(26)28)39-35(38-32)24-10-7-9-23(21-24)22-17-19-37-20-18-22/h3-21H,1-2H3. The Bertz CT molecular complexity index is 2090. The lowest BCUT2D eigenvalue weighted by Gasteiger charge is -2.23. The molecule has 4 aromatic carbocycles. The maximum atomic E-state index is 6.50. The highest BCUT2D eigenvalue weighted by Crippen LogP contribution is 2.52. The second-order valence-corrected chi connectivity index (χ2v) is 10.9. The van der Waals surface area contributed by atoms with Gasteiger partial charge in [0.1, 0.15) is 11.2 Å². The number of furan rings is 1. The molecule has 1 aliphatic rings. The van der Waals surface area contributed by atoms with Crippen molar-refractivity contribution in [1.29, 1.82) is 0 Å². The molecule has 3 aromatic heterocycles. The molecule has 0 amide bonds. The highest BCUT2D eigenvalue weighted by molar-refractivity contribution is 6.10. The fraction of sp³-hybridized carbons (Fsp3) is 0.0833. The van der Waals surface area contributed by atoms with Gasteiger partial charge in [-0.3, -0.25) is 4.98 Å². The van der Waals surface area contributed by atoms with Crippen molar-refractivity contribution in [3.63, 3.8) is 0 Å². The summed E-state index contributed by atoms with van der Waals surface area (Å²) in [6.07, 6.45) is 3.64. The quantitative estimate of drug-likeness (QED) is 0.235. The second kappa shape index (κ2) is 8.45. The molecule has 7 aromatic rings. The molecule has 0 unspecified atom stereocenters. The molecule has 0 fully saturated rings. The molecule has 0 bridgehead atoms. The Hall–Kier alpha value is -5.09. The summed E-state index contributed by atoms with van der Waals surface area (Å²) >= 11 is 0. The molecule has 0 atom stereocenters. The van der Waals surface area contributed by atoms with Crippen LogP contribution in [0.25, 0.3) is 67.0 Å². The van der Waals surface area contributed by atoms with E-state index in [-0.39, 0.29) is 5.41 Å². The average molecular weight is 516 g/mol. The Morgan fingerprint density at radius 3 is 2.15 bits per heavy atom. The monoisotopic (exact) mass is 515 g/mol. The summed E-state index contributed by atoms with van der Waals surface area (Å²) in [5, 5.41) is 2.20. The molecule has 1 aliphatic carbocycles. The van der Waals surface area contributed by atoms with E-state index >= 15 is 0 Å². The average Bonchev–Trinajstić information content (AvgIpc) is 3.50. The Morgan fingerprint density at radius 2 is 1.27 bits per heavy atom. The normalized spacial score (nSPS) is 13.4. The van der Waals surface area contributed by atoms with Crippen LogP contribution in [-0.4, -0.2) is 15.0 Å². The number of rotatable bonds is 3. The van der Waals surface area contributed by atoms with Gasteiger partial charge in [-0.15, -0.1) is 0 Å². The molecule has 0 spiro atoms. The van der Waals surface area contributed by atoms with E-state index in [1.807, 2.05) is 36.7 Å². The summed E-state index contributed by atoms with van der Waals surface area (Å²) in [4.78, 5) is 14.8. The molecule has 4 nitrogen and oxygen atoms in total. The van der Waals surface area contributed by atoms with Gasteiger partial charge in [-0.1, -0.05) is 86.6 Å². The summed E-state index contributed by atoms with van der Waals surface area (Å²) in [7, 11) is 0. The van der Waals surface area contributed by atoms with E-state index < -0.39 is 0 Å². The molecule has 0 aliphatic heterocycles. The van der Waals surface area contributed by atoms with Crippen LogP contribution in [0, 0.1) is 0 Å². The summed E-state index contributed by atoms with van der Waals surface area (Å²) in [6, 6.07) is 35.6. The smallest absolute Gasteiger partial charge is 0.160 e. The van der Waals surface area contributed by atoms with Crippen molar-refractivity contribution in [2.75, 3.05) is 0 Å². The van der Waals surface area contributed by atoms with Crippen LogP contribution in [0.4, 0.5) is 0 Å². The molecule has 4 heteroatoms. The van der Waals surface area contributed by atoms with Gasteiger partial charge in [0, 0.05) is 50.8 Å². The first kappa shape index (κ1) is 22.9. The van der Waals surface area contributed by atoms with Crippen LogP contribution in [0.15, 0.2) is 120 Å². The zero-order valence-electron chi connectivity index (χ0n) is 22.2. The molecular weight excluding hydrogens is 490 g/mol. The van der Waals surface area contributed by atoms with Crippen molar-refractivity contribution in [3.05, 3.63) is 127 Å². The van der Waals surface area contributed by atoms with Crippen LogP contribution in [0.5, 0.6) is 0 Å². The van der Waals surface area contributed by atoms with Crippen molar-refractivity contribution in [1.82, 2.24) is 15.0 Å².